The number of aromatic nitrogens is 2. The van der Waals surface area contributed by atoms with Crippen LogP contribution in [0.3, 0.4) is 0 Å². The second kappa shape index (κ2) is 5.89. The van der Waals surface area contributed by atoms with Gasteiger partial charge in [-0.05, 0) is 28.8 Å². The molecule has 0 spiro atoms. The van der Waals surface area contributed by atoms with E-state index in [0.29, 0.717) is 18.8 Å². The van der Waals surface area contributed by atoms with E-state index in [0.717, 1.165) is 27.7 Å². The molecule has 0 aliphatic heterocycles. The molecule has 5 nitrogen and oxygen atoms in total. The fraction of sp³-hybridized carbons (Fsp3) is 0.176. The van der Waals surface area contributed by atoms with Crippen molar-refractivity contribution >= 4 is 22.8 Å². The van der Waals surface area contributed by atoms with Gasteiger partial charge in [0.1, 0.15) is 11.5 Å². The minimum absolute atomic E-state index is 0.0378. The minimum atomic E-state index is 0.0378. The van der Waals surface area contributed by atoms with E-state index < -0.39 is 0 Å². The zero-order valence-corrected chi connectivity index (χ0v) is 12.4. The zero-order valence-electron chi connectivity index (χ0n) is 12.4. The number of hydrogen-bond donors (Lipinski definition) is 3. The van der Waals surface area contributed by atoms with Crippen LogP contribution in [0.1, 0.15) is 18.9 Å². The molecule has 0 fully saturated rings. The van der Waals surface area contributed by atoms with Gasteiger partial charge in [0.15, 0.2) is 0 Å². The number of benzene rings is 1. The number of amides is 1. The van der Waals surface area contributed by atoms with Crippen LogP contribution in [0.15, 0.2) is 42.6 Å². The number of nitrogens with one attached hydrogen (secondary N) is 2. The summed E-state index contributed by atoms with van der Waals surface area (Å²) in [4.78, 5) is 18.9. The molecule has 0 saturated heterocycles. The number of aromatic amines is 1. The van der Waals surface area contributed by atoms with Gasteiger partial charge in [0.2, 0.25) is 5.91 Å². The Hall–Kier alpha value is -2.82. The number of hydrogen-bond acceptors (Lipinski definition) is 3. The summed E-state index contributed by atoms with van der Waals surface area (Å²) in [6.45, 7) is 2.34. The molecule has 0 aliphatic carbocycles. The Balaban J connectivity index is 2.07. The van der Waals surface area contributed by atoms with Crippen molar-refractivity contribution < 1.29 is 4.79 Å². The van der Waals surface area contributed by atoms with E-state index in [4.69, 9.17) is 5.73 Å². The van der Waals surface area contributed by atoms with Crippen molar-refractivity contribution in [1.82, 2.24) is 15.3 Å². The monoisotopic (exact) mass is 294 g/mol. The van der Waals surface area contributed by atoms with Crippen LogP contribution in [-0.2, 0) is 11.3 Å². The quantitative estimate of drug-likeness (QED) is 0.692. The summed E-state index contributed by atoms with van der Waals surface area (Å²) in [5, 5.41) is 3.94. The number of pyridine rings is 1. The smallest absolute Gasteiger partial charge is 0.219 e. The van der Waals surface area contributed by atoms with Crippen molar-refractivity contribution in [2.45, 2.75) is 19.9 Å². The Morgan fingerprint density at radius 1 is 1.27 bits per heavy atom. The van der Waals surface area contributed by atoms with E-state index in [1.165, 1.54) is 0 Å². The van der Waals surface area contributed by atoms with Gasteiger partial charge >= 0.3 is 0 Å². The molecular formula is C17H18N4O. The average molecular weight is 294 g/mol. The van der Waals surface area contributed by atoms with Crippen molar-refractivity contribution in [3.8, 4) is 11.1 Å². The predicted molar refractivity (Wildman–Crippen MR) is 88.1 cm³/mol. The fourth-order valence-electron chi connectivity index (χ4n) is 2.54. The highest BCUT2D eigenvalue weighted by molar-refractivity contribution is 5.95. The van der Waals surface area contributed by atoms with E-state index >= 15 is 0 Å². The third-order valence-corrected chi connectivity index (χ3v) is 3.65. The molecule has 0 aliphatic rings. The van der Waals surface area contributed by atoms with E-state index in [-0.39, 0.29) is 5.91 Å². The highest BCUT2D eigenvalue weighted by Gasteiger charge is 2.11. The van der Waals surface area contributed by atoms with Gasteiger partial charge < -0.3 is 16.0 Å². The zero-order chi connectivity index (χ0) is 15.5. The van der Waals surface area contributed by atoms with Gasteiger partial charge in [0.25, 0.3) is 0 Å². The lowest BCUT2D eigenvalue weighted by Crippen LogP contribution is -2.21. The first kappa shape index (κ1) is 14.1. The molecule has 3 aromatic rings. The van der Waals surface area contributed by atoms with Gasteiger partial charge in [-0.2, -0.15) is 0 Å². The molecule has 3 rings (SSSR count). The van der Waals surface area contributed by atoms with Crippen molar-refractivity contribution in [2.75, 3.05) is 5.73 Å². The number of nitrogens with zero attached hydrogens (tertiary/aromatic N) is 1. The molecule has 0 atom stereocenters. The summed E-state index contributed by atoms with van der Waals surface area (Å²) >= 11 is 0. The Morgan fingerprint density at radius 2 is 2.09 bits per heavy atom. The molecule has 4 N–H and O–H groups in total. The van der Waals surface area contributed by atoms with E-state index in [1.54, 1.807) is 0 Å². The molecule has 1 aromatic carbocycles. The number of carbonyl (C=O) groups excluding carboxylic acids is 1. The number of anilines is 1. The number of carbonyl (C=O) groups is 1. The highest BCUT2D eigenvalue weighted by Crippen LogP contribution is 2.31. The number of rotatable bonds is 4. The molecule has 2 aromatic heterocycles. The third-order valence-electron chi connectivity index (χ3n) is 3.65. The minimum Gasteiger partial charge on any atom is -0.384 e. The van der Waals surface area contributed by atoms with Gasteiger partial charge in [0.05, 0.1) is 0 Å². The van der Waals surface area contributed by atoms with E-state index in [9.17, 15) is 4.79 Å². The van der Waals surface area contributed by atoms with Gasteiger partial charge in [-0.1, -0.05) is 31.2 Å². The molecule has 1 amide bonds. The Morgan fingerprint density at radius 3 is 2.91 bits per heavy atom. The lowest BCUT2D eigenvalue weighted by atomic mass is 9.98. The Kier molecular flexibility index (Phi) is 3.78. The molecule has 0 radical (unpaired) electrons. The molecule has 112 valence electrons. The third kappa shape index (κ3) is 2.65. The number of fused-ring (bicyclic) bond motifs is 1. The summed E-state index contributed by atoms with van der Waals surface area (Å²) in [7, 11) is 0. The van der Waals surface area contributed by atoms with Crippen LogP contribution in [0, 0.1) is 0 Å². The maximum Gasteiger partial charge on any atom is 0.219 e. The average Bonchev–Trinajstić information content (AvgIpc) is 3.00. The second-order valence-electron chi connectivity index (χ2n) is 5.12. The lowest BCUT2D eigenvalue weighted by Gasteiger charge is -2.12. The highest BCUT2D eigenvalue weighted by atomic mass is 16.1. The first-order chi connectivity index (χ1) is 10.7. The van der Waals surface area contributed by atoms with Crippen LogP contribution < -0.4 is 11.1 Å². The Bertz CT molecular complexity index is 822. The predicted octanol–water partition coefficient (Wildman–Crippen LogP) is 2.84. The summed E-state index contributed by atoms with van der Waals surface area (Å²) in [5.74, 6) is 0.508. The van der Waals surface area contributed by atoms with Crippen LogP contribution in [-0.4, -0.2) is 15.9 Å². The van der Waals surface area contributed by atoms with Crippen LogP contribution in [0.4, 0.5) is 5.82 Å². The second-order valence-corrected chi connectivity index (χ2v) is 5.12. The van der Waals surface area contributed by atoms with E-state index in [2.05, 4.69) is 15.3 Å². The molecular weight excluding hydrogens is 276 g/mol. The standard InChI is InChI=1S/C17H18N4O/c1-2-16(22)20-10-11-5-3-4-6-12(11)14-9-15(18)21-17-13(14)7-8-19-17/h3-9H,2,10H2,1H3,(H,20,22)(H3,18,19,21). The van der Waals surface area contributed by atoms with E-state index in [1.807, 2.05) is 49.5 Å². The van der Waals surface area contributed by atoms with Crippen LogP contribution >= 0.6 is 0 Å². The topological polar surface area (TPSA) is 83.8 Å². The van der Waals surface area contributed by atoms with Crippen molar-refractivity contribution in [3.05, 3.63) is 48.2 Å². The summed E-state index contributed by atoms with van der Waals surface area (Å²) in [6, 6.07) is 11.9. The molecule has 0 saturated carbocycles. The van der Waals surface area contributed by atoms with Crippen LogP contribution in [0.25, 0.3) is 22.2 Å². The summed E-state index contributed by atoms with van der Waals surface area (Å²) < 4.78 is 0. The first-order valence-corrected chi connectivity index (χ1v) is 7.27. The van der Waals surface area contributed by atoms with Gasteiger partial charge in [-0.3, -0.25) is 4.79 Å². The van der Waals surface area contributed by atoms with Crippen molar-refractivity contribution in [2.24, 2.45) is 0 Å². The molecule has 0 unspecified atom stereocenters. The maximum absolute atomic E-state index is 11.5. The summed E-state index contributed by atoms with van der Waals surface area (Å²) in [5.41, 5.74) is 9.81. The normalized spacial score (nSPS) is 10.8. The number of nitrogens with two attached hydrogens (primary N) is 1. The van der Waals surface area contributed by atoms with Gasteiger partial charge in [0, 0.05) is 24.5 Å². The van der Waals surface area contributed by atoms with Crippen LogP contribution in [0.5, 0.6) is 0 Å². The molecule has 5 heteroatoms. The van der Waals surface area contributed by atoms with Crippen molar-refractivity contribution in [3.63, 3.8) is 0 Å². The maximum atomic E-state index is 11.5. The van der Waals surface area contributed by atoms with Crippen LogP contribution in [0.2, 0.25) is 0 Å². The SMILES string of the molecule is CCC(=O)NCc1ccccc1-c1cc(N)nc2[nH]ccc12. The fourth-order valence-corrected chi connectivity index (χ4v) is 2.54. The Labute approximate surface area is 128 Å². The summed E-state index contributed by atoms with van der Waals surface area (Å²) in [6.07, 6.45) is 2.33. The number of nitrogen functional groups attached to an aromatic ring is 1. The lowest BCUT2D eigenvalue weighted by molar-refractivity contribution is -0.120. The molecule has 0 bridgehead atoms. The van der Waals surface area contributed by atoms with Gasteiger partial charge in [-0.25, -0.2) is 4.98 Å². The van der Waals surface area contributed by atoms with Crippen molar-refractivity contribution in [1.29, 1.82) is 0 Å². The largest absolute Gasteiger partial charge is 0.384 e. The number of H-pyrrole nitrogens is 1. The first-order valence-electron chi connectivity index (χ1n) is 7.27. The molecule has 2 heterocycles. The van der Waals surface area contributed by atoms with Gasteiger partial charge in [-0.15, -0.1) is 0 Å². The molecule has 22 heavy (non-hydrogen) atoms.